The maximum Gasteiger partial charge on any atom is 0.228 e. The second kappa shape index (κ2) is 5.85. The maximum absolute atomic E-state index is 12.0. The Bertz CT molecular complexity index is 641. The highest BCUT2D eigenvalue weighted by molar-refractivity contribution is 5.91. The van der Waals surface area contributed by atoms with Gasteiger partial charge in [-0.2, -0.15) is 0 Å². The number of anilines is 1. The van der Waals surface area contributed by atoms with Gasteiger partial charge in [0.2, 0.25) is 11.9 Å². The SMILES string of the molecule is CC(N)CC(=O)Nc1nc2ccccc2n1C1CCCC1. The zero-order valence-corrected chi connectivity index (χ0v) is 12.4. The summed E-state index contributed by atoms with van der Waals surface area (Å²) in [7, 11) is 0. The molecule has 1 saturated carbocycles. The van der Waals surface area contributed by atoms with E-state index in [1.54, 1.807) is 0 Å². The van der Waals surface area contributed by atoms with Gasteiger partial charge in [-0.3, -0.25) is 10.1 Å². The van der Waals surface area contributed by atoms with Crippen molar-refractivity contribution in [1.82, 2.24) is 9.55 Å². The first-order chi connectivity index (χ1) is 10.1. The van der Waals surface area contributed by atoms with E-state index < -0.39 is 0 Å². The van der Waals surface area contributed by atoms with E-state index in [2.05, 4.69) is 20.9 Å². The molecule has 1 heterocycles. The van der Waals surface area contributed by atoms with E-state index in [-0.39, 0.29) is 11.9 Å². The van der Waals surface area contributed by atoms with Gasteiger partial charge in [0.1, 0.15) is 0 Å². The molecule has 1 fully saturated rings. The van der Waals surface area contributed by atoms with Crippen LogP contribution in [-0.4, -0.2) is 21.5 Å². The Hall–Kier alpha value is -1.88. The molecule has 2 aromatic rings. The summed E-state index contributed by atoms with van der Waals surface area (Å²) in [5, 5.41) is 2.94. The number of fused-ring (bicyclic) bond motifs is 1. The number of carbonyl (C=O) groups is 1. The van der Waals surface area contributed by atoms with E-state index in [0.717, 1.165) is 23.9 Å². The molecule has 5 nitrogen and oxygen atoms in total. The number of aromatic nitrogens is 2. The van der Waals surface area contributed by atoms with E-state index in [1.807, 2.05) is 25.1 Å². The predicted octanol–water partition coefficient (Wildman–Crippen LogP) is 2.83. The minimum atomic E-state index is -0.144. The van der Waals surface area contributed by atoms with E-state index in [0.29, 0.717) is 18.4 Å². The molecule has 112 valence electrons. The number of amides is 1. The number of benzene rings is 1. The summed E-state index contributed by atoms with van der Waals surface area (Å²) in [6.45, 7) is 1.83. The van der Waals surface area contributed by atoms with E-state index in [1.165, 1.54) is 12.8 Å². The Morgan fingerprint density at radius 1 is 1.43 bits per heavy atom. The molecule has 1 aromatic heterocycles. The molecule has 1 aliphatic rings. The molecule has 1 unspecified atom stereocenters. The van der Waals surface area contributed by atoms with Gasteiger partial charge < -0.3 is 10.3 Å². The van der Waals surface area contributed by atoms with Crippen molar-refractivity contribution < 1.29 is 4.79 Å². The molecule has 1 aliphatic carbocycles. The lowest BCUT2D eigenvalue weighted by molar-refractivity contribution is -0.116. The molecular formula is C16H22N4O. The Morgan fingerprint density at radius 2 is 2.14 bits per heavy atom. The van der Waals surface area contributed by atoms with E-state index in [4.69, 9.17) is 5.73 Å². The van der Waals surface area contributed by atoms with Gasteiger partial charge in [-0.25, -0.2) is 4.98 Å². The number of imidazole rings is 1. The fraction of sp³-hybridized carbons (Fsp3) is 0.500. The predicted molar refractivity (Wildman–Crippen MR) is 84.1 cm³/mol. The molecule has 21 heavy (non-hydrogen) atoms. The molecule has 0 saturated heterocycles. The van der Waals surface area contributed by atoms with Gasteiger partial charge in [0.15, 0.2) is 0 Å². The molecule has 0 aliphatic heterocycles. The second-order valence-corrected chi connectivity index (χ2v) is 5.96. The molecule has 0 radical (unpaired) electrons. The largest absolute Gasteiger partial charge is 0.327 e. The first kappa shape index (κ1) is 14.1. The molecule has 1 amide bonds. The molecular weight excluding hydrogens is 264 g/mol. The van der Waals surface area contributed by atoms with Crippen LogP contribution < -0.4 is 11.1 Å². The Labute approximate surface area is 124 Å². The van der Waals surface area contributed by atoms with Gasteiger partial charge in [-0.15, -0.1) is 0 Å². The zero-order valence-electron chi connectivity index (χ0n) is 12.4. The fourth-order valence-corrected chi connectivity index (χ4v) is 3.13. The summed E-state index contributed by atoms with van der Waals surface area (Å²) in [5.74, 6) is 0.591. The molecule has 0 spiro atoms. The number of hydrogen-bond donors (Lipinski definition) is 2. The van der Waals surface area contributed by atoms with Gasteiger partial charge in [0, 0.05) is 18.5 Å². The number of nitrogens with two attached hydrogens (primary N) is 1. The Kier molecular flexibility index (Phi) is 3.92. The average Bonchev–Trinajstić information content (AvgIpc) is 3.03. The van der Waals surface area contributed by atoms with Gasteiger partial charge in [-0.1, -0.05) is 25.0 Å². The summed E-state index contributed by atoms with van der Waals surface area (Å²) in [6.07, 6.45) is 5.09. The Morgan fingerprint density at radius 3 is 2.86 bits per heavy atom. The van der Waals surface area contributed by atoms with Crippen LogP contribution >= 0.6 is 0 Å². The van der Waals surface area contributed by atoms with Crippen molar-refractivity contribution in [3.8, 4) is 0 Å². The first-order valence-electron chi connectivity index (χ1n) is 7.67. The number of rotatable bonds is 4. The van der Waals surface area contributed by atoms with Crippen molar-refractivity contribution in [2.45, 2.75) is 51.1 Å². The Balaban J connectivity index is 1.96. The molecule has 1 atom stereocenters. The lowest BCUT2D eigenvalue weighted by Gasteiger charge is -2.16. The lowest BCUT2D eigenvalue weighted by Crippen LogP contribution is -2.25. The molecule has 3 N–H and O–H groups in total. The van der Waals surface area contributed by atoms with Crippen LogP contribution in [0.1, 0.15) is 45.1 Å². The minimum Gasteiger partial charge on any atom is -0.327 e. The summed E-state index contributed by atoms with van der Waals surface area (Å²) in [4.78, 5) is 16.6. The molecule has 1 aromatic carbocycles. The van der Waals surface area contributed by atoms with Crippen LogP contribution in [0, 0.1) is 0 Å². The van der Waals surface area contributed by atoms with Crippen LogP contribution in [0.25, 0.3) is 11.0 Å². The topological polar surface area (TPSA) is 72.9 Å². The van der Waals surface area contributed by atoms with Crippen LogP contribution in [0.4, 0.5) is 5.95 Å². The molecule has 3 rings (SSSR count). The quantitative estimate of drug-likeness (QED) is 0.907. The highest BCUT2D eigenvalue weighted by Gasteiger charge is 2.23. The number of carbonyl (C=O) groups excluding carboxylic acids is 1. The van der Waals surface area contributed by atoms with Crippen LogP contribution in [0.3, 0.4) is 0 Å². The van der Waals surface area contributed by atoms with Gasteiger partial charge in [0.25, 0.3) is 0 Å². The van der Waals surface area contributed by atoms with Gasteiger partial charge in [0.05, 0.1) is 11.0 Å². The minimum absolute atomic E-state index is 0.0699. The smallest absolute Gasteiger partial charge is 0.228 e. The van der Waals surface area contributed by atoms with Gasteiger partial charge >= 0.3 is 0 Å². The number of nitrogens with zero attached hydrogens (tertiary/aromatic N) is 2. The third kappa shape index (κ3) is 2.93. The van der Waals surface area contributed by atoms with Gasteiger partial charge in [-0.05, 0) is 31.9 Å². The van der Waals surface area contributed by atoms with Crippen molar-refractivity contribution in [3.05, 3.63) is 24.3 Å². The summed E-state index contributed by atoms with van der Waals surface area (Å²) < 4.78 is 2.20. The third-order valence-electron chi connectivity index (χ3n) is 4.04. The summed E-state index contributed by atoms with van der Waals surface area (Å²) in [5.41, 5.74) is 7.72. The highest BCUT2D eigenvalue weighted by Crippen LogP contribution is 2.35. The lowest BCUT2D eigenvalue weighted by atomic mass is 10.2. The number of para-hydroxylation sites is 2. The van der Waals surface area contributed by atoms with Crippen LogP contribution in [0.5, 0.6) is 0 Å². The van der Waals surface area contributed by atoms with E-state index >= 15 is 0 Å². The van der Waals surface area contributed by atoms with E-state index in [9.17, 15) is 4.79 Å². The number of nitrogens with one attached hydrogen (secondary N) is 1. The van der Waals surface area contributed by atoms with Crippen LogP contribution in [-0.2, 0) is 4.79 Å². The summed E-state index contributed by atoms with van der Waals surface area (Å²) in [6, 6.07) is 8.34. The monoisotopic (exact) mass is 286 g/mol. The average molecular weight is 286 g/mol. The highest BCUT2D eigenvalue weighted by atomic mass is 16.1. The molecule has 5 heteroatoms. The third-order valence-corrected chi connectivity index (χ3v) is 4.04. The van der Waals surface area contributed by atoms with Crippen molar-refractivity contribution >= 4 is 22.9 Å². The fourth-order valence-electron chi connectivity index (χ4n) is 3.13. The zero-order chi connectivity index (χ0) is 14.8. The summed E-state index contributed by atoms with van der Waals surface area (Å²) >= 11 is 0. The first-order valence-corrected chi connectivity index (χ1v) is 7.67. The maximum atomic E-state index is 12.0. The van der Waals surface area contributed by atoms with Crippen molar-refractivity contribution in [2.24, 2.45) is 5.73 Å². The normalized spacial score (nSPS) is 17.2. The van der Waals surface area contributed by atoms with Crippen molar-refractivity contribution in [2.75, 3.05) is 5.32 Å². The second-order valence-electron chi connectivity index (χ2n) is 5.96. The van der Waals surface area contributed by atoms with Crippen molar-refractivity contribution in [1.29, 1.82) is 0 Å². The van der Waals surface area contributed by atoms with Crippen LogP contribution in [0.2, 0.25) is 0 Å². The molecule has 0 bridgehead atoms. The number of hydrogen-bond acceptors (Lipinski definition) is 3. The van der Waals surface area contributed by atoms with Crippen LogP contribution in [0.15, 0.2) is 24.3 Å². The standard InChI is InChI=1S/C16H22N4O/c1-11(17)10-15(21)19-16-18-13-8-4-5-9-14(13)20(16)12-6-2-3-7-12/h4-5,8-9,11-12H,2-3,6-7,10,17H2,1H3,(H,18,19,21). The van der Waals surface area contributed by atoms with Crippen molar-refractivity contribution in [3.63, 3.8) is 0 Å².